The molecule has 2 aromatic rings. The van der Waals surface area contributed by atoms with Gasteiger partial charge >= 0.3 is 0 Å². The Morgan fingerprint density at radius 2 is 1.64 bits per heavy atom. The van der Waals surface area contributed by atoms with Gasteiger partial charge in [-0.05, 0) is 80.2 Å². The summed E-state index contributed by atoms with van der Waals surface area (Å²) in [6.07, 6.45) is 10.1. The molecular formula is C28H34. The summed E-state index contributed by atoms with van der Waals surface area (Å²) in [5, 5.41) is 0. The number of hydrogen-bond acceptors (Lipinski definition) is 0. The van der Waals surface area contributed by atoms with Crippen molar-refractivity contribution in [3.05, 3.63) is 75.9 Å². The van der Waals surface area contributed by atoms with Crippen LogP contribution in [0.4, 0.5) is 0 Å². The van der Waals surface area contributed by atoms with Gasteiger partial charge in [-0.2, -0.15) is 0 Å². The Hall–Kier alpha value is -2.08. The van der Waals surface area contributed by atoms with Crippen LogP contribution in [0, 0.1) is 0 Å². The summed E-state index contributed by atoms with van der Waals surface area (Å²) < 4.78 is 0. The van der Waals surface area contributed by atoms with Gasteiger partial charge in [-0.15, -0.1) is 0 Å². The van der Waals surface area contributed by atoms with E-state index in [0.29, 0.717) is 0 Å². The molecule has 0 heteroatoms. The third kappa shape index (κ3) is 3.08. The number of allylic oxidation sites excluding steroid dienone is 4. The molecule has 28 heavy (non-hydrogen) atoms. The molecule has 0 aromatic heterocycles. The lowest BCUT2D eigenvalue weighted by Gasteiger charge is -2.29. The summed E-state index contributed by atoms with van der Waals surface area (Å²) in [6, 6.07) is 9.68. The molecular weight excluding hydrogens is 336 g/mol. The number of rotatable bonds is 2. The lowest BCUT2D eigenvalue weighted by Crippen LogP contribution is -2.18. The van der Waals surface area contributed by atoms with E-state index in [1.807, 2.05) is 0 Å². The van der Waals surface area contributed by atoms with E-state index >= 15 is 0 Å². The van der Waals surface area contributed by atoms with Crippen molar-refractivity contribution >= 4 is 5.57 Å². The van der Waals surface area contributed by atoms with E-state index in [4.69, 9.17) is 0 Å². The van der Waals surface area contributed by atoms with Crippen molar-refractivity contribution in [2.75, 3.05) is 0 Å². The number of benzene rings is 2. The third-order valence-electron chi connectivity index (χ3n) is 6.37. The van der Waals surface area contributed by atoms with Crippen molar-refractivity contribution in [3.63, 3.8) is 0 Å². The number of aryl methyl sites for hydroxylation is 1. The standard InChI is InChI=1S/C28H34/c1-8-18-16-23-22-14-13-21(27(2,3)4)15-20(22)17-24(23)25(19-11-9-10-12-19)26(18)28(5,6)7/h9-11,13-16H,8,12,17H2,1-7H3. The average Bonchev–Trinajstić information content (AvgIpc) is 3.25. The zero-order valence-electron chi connectivity index (χ0n) is 18.7. The fourth-order valence-electron chi connectivity index (χ4n) is 4.99. The fraction of sp³-hybridized carbons (Fsp3) is 0.429. The zero-order chi connectivity index (χ0) is 20.3. The van der Waals surface area contributed by atoms with Gasteiger partial charge in [0.1, 0.15) is 0 Å². The van der Waals surface area contributed by atoms with Crippen LogP contribution in [0.3, 0.4) is 0 Å². The molecule has 0 N–H and O–H groups in total. The average molecular weight is 371 g/mol. The molecule has 2 aliphatic rings. The maximum atomic E-state index is 2.50. The second-order valence-electron chi connectivity index (χ2n) is 10.5. The summed E-state index contributed by atoms with van der Waals surface area (Å²) in [6.45, 7) is 16.4. The van der Waals surface area contributed by atoms with Gasteiger partial charge in [-0.3, -0.25) is 0 Å². The summed E-state index contributed by atoms with van der Waals surface area (Å²) in [4.78, 5) is 0. The monoisotopic (exact) mass is 370 g/mol. The molecule has 4 rings (SSSR count). The van der Waals surface area contributed by atoms with E-state index in [1.54, 1.807) is 16.7 Å². The molecule has 0 amide bonds. The first kappa shape index (κ1) is 19.2. The van der Waals surface area contributed by atoms with Crippen LogP contribution in [0.5, 0.6) is 0 Å². The highest BCUT2D eigenvalue weighted by molar-refractivity contribution is 5.87. The molecule has 146 valence electrons. The van der Waals surface area contributed by atoms with E-state index in [-0.39, 0.29) is 10.8 Å². The highest BCUT2D eigenvalue weighted by Crippen LogP contribution is 2.47. The summed E-state index contributed by atoms with van der Waals surface area (Å²) in [5.41, 5.74) is 13.9. The number of hydrogen-bond donors (Lipinski definition) is 0. The van der Waals surface area contributed by atoms with E-state index in [1.165, 1.54) is 33.4 Å². The third-order valence-corrected chi connectivity index (χ3v) is 6.37. The van der Waals surface area contributed by atoms with Crippen molar-refractivity contribution in [2.24, 2.45) is 0 Å². The van der Waals surface area contributed by atoms with Gasteiger partial charge in [-0.25, -0.2) is 0 Å². The highest BCUT2D eigenvalue weighted by Gasteiger charge is 2.31. The Balaban J connectivity index is 1.98. The Morgan fingerprint density at radius 3 is 2.21 bits per heavy atom. The van der Waals surface area contributed by atoms with Crippen LogP contribution in [-0.4, -0.2) is 0 Å². The van der Waals surface area contributed by atoms with Crippen LogP contribution in [0.25, 0.3) is 16.7 Å². The number of fused-ring (bicyclic) bond motifs is 3. The molecule has 0 radical (unpaired) electrons. The first-order valence-electron chi connectivity index (χ1n) is 10.8. The van der Waals surface area contributed by atoms with E-state index in [9.17, 15) is 0 Å². The summed E-state index contributed by atoms with van der Waals surface area (Å²) in [5.74, 6) is 0. The Kier molecular flexibility index (Phi) is 4.45. The minimum absolute atomic E-state index is 0.143. The molecule has 0 heterocycles. The van der Waals surface area contributed by atoms with Crippen molar-refractivity contribution in [1.29, 1.82) is 0 Å². The molecule has 2 aliphatic carbocycles. The largest absolute Gasteiger partial charge is 0.0801 e. The molecule has 0 unspecified atom stereocenters. The van der Waals surface area contributed by atoms with Gasteiger partial charge in [0.2, 0.25) is 0 Å². The first-order chi connectivity index (χ1) is 13.1. The van der Waals surface area contributed by atoms with Gasteiger partial charge in [0.05, 0.1) is 0 Å². The van der Waals surface area contributed by atoms with Crippen LogP contribution in [0.2, 0.25) is 0 Å². The van der Waals surface area contributed by atoms with Crippen molar-refractivity contribution in [3.8, 4) is 11.1 Å². The lowest BCUT2D eigenvalue weighted by molar-refractivity contribution is 0.580. The van der Waals surface area contributed by atoms with Gasteiger partial charge in [0.15, 0.2) is 0 Å². The fourth-order valence-corrected chi connectivity index (χ4v) is 4.99. The molecule has 0 saturated heterocycles. The summed E-state index contributed by atoms with van der Waals surface area (Å²) >= 11 is 0. The van der Waals surface area contributed by atoms with Crippen LogP contribution < -0.4 is 0 Å². The maximum absolute atomic E-state index is 2.50. The normalized spacial score (nSPS) is 15.6. The minimum Gasteiger partial charge on any atom is -0.0801 e. The predicted molar refractivity (Wildman–Crippen MR) is 123 cm³/mol. The van der Waals surface area contributed by atoms with Crippen LogP contribution in [0.15, 0.2) is 42.5 Å². The van der Waals surface area contributed by atoms with Gasteiger partial charge in [-0.1, -0.05) is 91.0 Å². The Morgan fingerprint density at radius 1 is 0.893 bits per heavy atom. The second-order valence-corrected chi connectivity index (χ2v) is 10.5. The van der Waals surface area contributed by atoms with Crippen LogP contribution in [0.1, 0.15) is 88.3 Å². The molecule has 2 aromatic carbocycles. The topological polar surface area (TPSA) is 0 Å². The van der Waals surface area contributed by atoms with Gasteiger partial charge in [0.25, 0.3) is 0 Å². The predicted octanol–water partition coefficient (Wildman–Crippen LogP) is 7.76. The van der Waals surface area contributed by atoms with Crippen molar-refractivity contribution in [2.45, 2.75) is 78.6 Å². The van der Waals surface area contributed by atoms with Crippen LogP contribution >= 0.6 is 0 Å². The summed E-state index contributed by atoms with van der Waals surface area (Å²) in [7, 11) is 0. The van der Waals surface area contributed by atoms with E-state index < -0.39 is 0 Å². The second kappa shape index (κ2) is 6.48. The highest BCUT2D eigenvalue weighted by atomic mass is 14.4. The Labute approximate surface area is 171 Å². The molecule has 0 saturated carbocycles. The van der Waals surface area contributed by atoms with Crippen molar-refractivity contribution < 1.29 is 0 Å². The SMILES string of the molecule is CCc1cc2c(c(C3=CC=CC3)c1C(C)(C)C)Cc1cc(C(C)(C)C)ccc1-2. The molecule has 0 fully saturated rings. The lowest BCUT2D eigenvalue weighted by atomic mass is 9.75. The molecule has 0 aliphatic heterocycles. The van der Waals surface area contributed by atoms with Gasteiger partial charge in [0, 0.05) is 0 Å². The van der Waals surface area contributed by atoms with Crippen molar-refractivity contribution in [1.82, 2.24) is 0 Å². The smallest absolute Gasteiger partial charge is 0.000719 e. The zero-order valence-corrected chi connectivity index (χ0v) is 18.7. The minimum atomic E-state index is 0.143. The molecule has 0 spiro atoms. The van der Waals surface area contributed by atoms with Crippen LogP contribution in [-0.2, 0) is 23.7 Å². The molecule has 0 atom stereocenters. The van der Waals surface area contributed by atoms with E-state index in [2.05, 4.69) is 91.0 Å². The quantitative estimate of drug-likeness (QED) is 0.432. The first-order valence-corrected chi connectivity index (χ1v) is 10.8. The molecule has 0 bridgehead atoms. The molecule has 0 nitrogen and oxygen atoms in total. The Bertz CT molecular complexity index is 998. The van der Waals surface area contributed by atoms with E-state index in [0.717, 1.165) is 19.3 Å². The van der Waals surface area contributed by atoms with Gasteiger partial charge < -0.3 is 0 Å². The maximum Gasteiger partial charge on any atom is -0.000719 e.